The Kier molecular flexibility index (Phi) is 5.87. The standard InChI is InChI=1S/C15H21N3O4S3/c1-11-5-7-12(8-6-11)25(21,22)14-13(16-9-10-18(2)3)23-15(17-14)24(4,19)20/h5-8,16H,9-10H2,1-4H3. The van der Waals surface area contributed by atoms with E-state index in [-0.39, 0.29) is 19.3 Å². The van der Waals surface area contributed by atoms with Gasteiger partial charge in [-0.2, -0.15) is 0 Å². The highest BCUT2D eigenvalue weighted by molar-refractivity contribution is 7.93. The van der Waals surface area contributed by atoms with Crippen molar-refractivity contribution in [3.8, 4) is 0 Å². The molecule has 0 atom stereocenters. The summed E-state index contributed by atoms with van der Waals surface area (Å²) < 4.78 is 49.2. The molecule has 7 nitrogen and oxygen atoms in total. The summed E-state index contributed by atoms with van der Waals surface area (Å²) in [4.78, 5) is 5.93. The van der Waals surface area contributed by atoms with Crippen LogP contribution < -0.4 is 5.32 Å². The first kappa shape index (κ1) is 19.8. The number of aromatic nitrogens is 1. The van der Waals surface area contributed by atoms with Gasteiger partial charge in [0.1, 0.15) is 5.00 Å². The van der Waals surface area contributed by atoms with E-state index in [0.717, 1.165) is 23.2 Å². The topological polar surface area (TPSA) is 96.4 Å². The van der Waals surface area contributed by atoms with Crippen molar-refractivity contribution >= 4 is 36.0 Å². The average Bonchev–Trinajstić information content (AvgIpc) is 2.92. The van der Waals surface area contributed by atoms with Crippen LogP contribution in [0.4, 0.5) is 5.00 Å². The summed E-state index contributed by atoms with van der Waals surface area (Å²) in [5, 5.41) is 2.98. The minimum atomic E-state index is -3.92. The molecule has 1 aromatic carbocycles. The number of anilines is 1. The molecule has 1 N–H and O–H groups in total. The molecule has 2 aromatic rings. The molecule has 1 heterocycles. The Balaban J connectivity index is 2.50. The highest BCUT2D eigenvalue weighted by Crippen LogP contribution is 2.34. The molecule has 2 rings (SSSR count). The highest BCUT2D eigenvalue weighted by atomic mass is 32.2. The summed E-state index contributed by atoms with van der Waals surface area (Å²) in [6.07, 6.45) is 1.01. The van der Waals surface area contributed by atoms with Crippen LogP contribution in [0.2, 0.25) is 0 Å². The Hall–Kier alpha value is -1.49. The predicted molar refractivity (Wildman–Crippen MR) is 98.9 cm³/mol. The van der Waals surface area contributed by atoms with Gasteiger partial charge < -0.3 is 10.2 Å². The molecule has 0 saturated carbocycles. The minimum Gasteiger partial charge on any atom is -0.373 e. The maximum absolute atomic E-state index is 12.9. The summed E-state index contributed by atoms with van der Waals surface area (Å²) in [5.74, 6) is 0. The monoisotopic (exact) mass is 403 g/mol. The first-order chi connectivity index (χ1) is 11.5. The van der Waals surface area contributed by atoms with Crippen LogP contribution in [0.1, 0.15) is 5.56 Å². The lowest BCUT2D eigenvalue weighted by Gasteiger charge is -2.11. The number of thiazole rings is 1. The Labute approximate surface area is 152 Å². The SMILES string of the molecule is Cc1ccc(S(=O)(=O)c2nc(S(C)(=O)=O)sc2NCCN(C)C)cc1. The van der Waals surface area contributed by atoms with Gasteiger partial charge in [0.25, 0.3) is 0 Å². The molecule has 0 spiro atoms. The van der Waals surface area contributed by atoms with Crippen LogP contribution in [0.5, 0.6) is 0 Å². The molecule has 10 heteroatoms. The summed E-state index contributed by atoms with van der Waals surface area (Å²) >= 11 is 0.835. The van der Waals surface area contributed by atoms with E-state index in [4.69, 9.17) is 0 Å². The largest absolute Gasteiger partial charge is 0.373 e. The van der Waals surface area contributed by atoms with E-state index < -0.39 is 19.7 Å². The van der Waals surface area contributed by atoms with Gasteiger partial charge in [-0.15, -0.1) is 0 Å². The first-order valence-electron chi connectivity index (χ1n) is 7.43. The number of aryl methyl sites for hydroxylation is 1. The van der Waals surface area contributed by atoms with Gasteiger partial charge in [0.15, 0.2) is 5.03 Å². The molecule has 0 bridgehead atoms. The van der Waals surface area contributed by atoms with Crippen molar-refractivity contribution in [2.75, 3.05) is 38.8 Å². The average molecular weight is 404 g/mol. The minimum absolute atomic E-state index is 0.0825. The number of benzene rings is 1. The van der Waals surface area contributed by atoms with Gasteiger partial charge in [-0.1, -0.05) is 29.0 Å². The van der Waals surface area contributed by atoms with E-state index >= 15 is 0 Å². The zero-order valence-electron chi connectivity index (χ0n) is 14.5. The van der Waals surface area contributed by atoms with Gasteiger partial charge in [0, 0.05) is 19.3 Å². The van der Waals surface area contributed by atoms with Gasteiger partial charge in [-0.25, -0.2) is 21.8 Å². The van der Waals surface area contributed by atoms with Gasteiger partial charge in [-0.3, -0.25) is 0 Å². The van der Waals surface area contributed by atoms with Crippen molar-refractivity contribution in [3.63, 3.8) is 0 Å². The number of hydrogen-bond acceptors (Lipinski definition) is 8. The van der Waals surface area contributed by atoms with E-state index in [1.165, 1.54) is 12.1 Å². The van der Waals surface area contributed by atoms with Crippen molar-refractivity contribution in [2.24, 2.45) is 0 Å². The van der Waals surface area contributed by atoms with Crippen molar-refractivity contribution in [3.05, 3.63) is 29.8 Å². The van der Waals surface area contributed by atoms with E-state index in [1.807, 2.05) is 25.9 Å². The van der Waals surface area contributed by atoms with E-state index in [0.29, 0.717) is 13.1 Å². The molecule has 0 aliphatic rings. The number of sulfone groups is 2. The third kappa shape index (κ3) is 4.78. The predicted octanol–water partition coefficient (Wildman–Crippen LogP) is 1.66. The third-order valence-electron chi connectivity index (χ3n) is 3.32. The Morgan fingerprint density at radius 1 is 1.12 bits per heavy atom. The molecule has 138 valence electrons. The maximum Gasteiger partial charge on any atom is 0.226 e. The Morgan fingerprint density at radius 2 is 1.72 bits per heavy atom. The van der Waals surface area contributed by atoms with Crippen LogP contribution in [-0.4, -0.2) is 60.2 Å². The number of nitrogens with zero attached hydrogens (tertiary/aromatic N) is 2. The Morgan fingerprint density at radius 3 is 2.24 bits per heavy atom. The first-order valence-corrected chi connectivity index (χ1v) is 11.6. The molecule has 1 aromatic heterocycles. The smallest absolute Gasteiger partial charge is 0.226 e. The van der Waals surface area contributed by atoms with Crippen molar-refractivity contribution in [1.82, 2.24) is 9.88 Å². The van der Waals surface area contributed by atoms with Crippen LogP contribution in [0.25, 0.3) is 0 Å². The molecule has 0 amide bonds. The van der Waals surface area contributed by atoms with Gasteiger partial charge >= 0.3 is 0 Å². The number of nitrogens with one attached hydrogen (secondary N) is 1. The van der Waals surface area contributed by atoms with Gasteiger partial charge in [-0.05, 0) is 33.2 Å². The summed E-state index contributed by atoms with van der Waals surface area (Å²) in [7, 11) is -3.74. The second-order valence-corrected chi connectivity index (χ2v) is 11.0. The maximum atomic E-state index is 12.9. The normalized spacial score (nSPS) is 12.5. The second kappa shape index (κ2) is 7.40. The zero-order chi connectivity index (χ0) is 18.8. The zero-order valence-corrected chi connectivity index (χ0v) is 16.9. The van der Waals surface area contributed by atoms with Crippen LogP contribution in [0.15, 0.2) is 38.5 Å². The number of hydrogen-bond donors (Lipinski definition) is 1. The fraction of sp³-hybridized carbons (Fsp3) is 0.400. The molecule has 0 saturated heterocycles. The quantitative estimate of drug-likeness (QED) is 0.751. The lowest BCUT2D eigenvalue weighted by atomic mass is 10.2. The van der Waals surface area contributed by atoms with Crippen LogP contribution in [-0.2, 0) is 19.7 Å². The molecule has 0 aliphatic heterocycles. The molecular weight excluding hydrogens is 382 g/mol. The van der Waals surface area contributed by atoms with E-state index in [9.17, 15) is 16.8 Å². The van der Waals surface area contributed by atoms with E-state index in [2.05, 4.69) is 10.3 Å². The fourth-order valence-electron chi connectivity index (χ4n) is 1.96. The number of likely N-dealkylation sites (N-methyl/N-ethyl adjacent to an activating group) is 1. The highest BCUT2D eigenvalue weighted by Gasteiger charge is 2.29. The third-order valence-corrected chi connectivity index (χ3v) is 7.84. The lowest BCUT2D eigenvalue weighted by Crippen LogP contribution is -2.21. The van der Waals surface area contributed by atoms with Crippen molar-refractivity contribution in [2.45, 2.75) is 21.2 Å². The molecule has 0 radical (unpaired) electrons. The van der Waals surface area contributed by atoms with Crippen molar-refractivity contribution < 1.29 is 16.8 Å². The molecule has 0 aliphatic carbocycles. The summed E-state index contributed by atoms with van der Waals surface area (Å²) in [6, 6.07) is 6.37. The van der Waals surface area contributed by atoms with Crippen LogP contribution in [0.3, 0.4) is 0 Å². The van der Waals surface area contributed by atoms with Crippen LogP contribution >= 0.6 is 11.3 Å². The van der Waals surface area contributed by atoms with E-state index in [1.54, 1.807) is 12.1 Å². The van der Waals surface area contributed by atoms with Crippen LogP contribution in [0, 0.1) is 6.92 Å². The molecule has 0 fully saturated rings. The Bertz CT molecular complexity index is 946. The summed E-state index contributed by atoms with van der Waals surface area (Å²) in [5.41, 5.74) is 0.929. The molecule has 25 heavy (non-hydrogen) atoms. The molecule has 0 unspecified atom stereocenters. The van der Waals surface area contributed by atoms with Gasteiger partial charge in [0.05, 0.1) is 4.90 Å². The lowest BCUT2D eigenvalue weighted by molar-refractivity contribution is 0.425. The summed E-state index contributed by atoms with van der Waals surface area (Å²) in [6.45, 7) is 2.99. The molecular formula is C15H21N3O4S3. The van der Waals surface area contributed by atoms with Crippen molar-refractivity contribution in [1.29, 1.82) is 0 Å². The number of rotatable bonds is 7. The second-order valence-electron chi connectivity index (χ2n) is 5.93. The fourth-order valence-corrected chi connectivity index (χ4v) is 5.51. The van der Waals surface area contributed by atoms with Gasteiger partial charge in [0.2, 0.25) is 24.0 Å².